The summed E-state index contributed by atoms with van der Waals surface area (Å²) in [7, 11) is 1.24. The average molecular weight is 306 g/mol. The maximum Gasteiger partial charge on any atom is 0.342 e. The van der Waals surface area contributed by atoms with E-state index in [0.29, 0.717) is 5.58 Å². The van der Waals surface area contributed by atoms with E-state index >= 15 is 0 Å². The van der Waals surface area contributed by atoms with Gasteiger partial charge in [-0.25, -0.2) is 4.79 Å². The molecule has 114 valence electrons. The first-order chi connectivity index (χ1) is 11.2. The van der Waals surface area contributed by atoms with Crippen molar-refractivity contribution in [3.8, 4) is 0 Å². The van der Waals surface area contributed by atoms with Gasteiger partial charge in [-0.1, -0.05) is 48.5 Å². The smallest absolute Gasteiger partial charge is 0.342 e. The third-order valence-electron chi connectivity index (χ3n) is 3.41. The van der Waals surface area contributed by atoms with Crippen LogP contribution in [0.25, 0.3) is 17.0 Å². The van der Waals surface area contributed by atoms with Crippen molar-refractivity contribution in [2.24, 2.45) is 0 Å². The fourth-order valence-electron chi connectivity index (χ4n) is 2.27. The number of benzene rings is 2. The number of hydrogen-bond donors (Lipinski definition) is 0. The van der Waals surface area contributed by atoms with E-state index in [2.05, 4.69) is 0 Å². The molecule has 3 rings (SSSR count). The molecule has 0 atom stereocenters. The molecule has 0 amide bonds. The second-order valence-electron chi connectivity index (χ2n) is 4.94. The third kappa shape index (κ3) is 3.06. The highest BCUT2D eigenvalue weighted by molar-refractivity contribution is 6.26. The number of para-hydroxylation sites is 1. The standard InChI is InChI=1S/C19H14O4/c1-22-19(21)15(11-13-7-3-2-4-8-13)18(20)17-12-14-9-5-6-10-16(14)23-17/h2-12H,1H3/b15-11-. The van der Waals surface area contributed by atoms with Gasteiger partial charge >= 0.3 is 5.97 Å². The fraction of sp³-hybridized carbons (Fsp3) is 0.0526. The molecule has 0 spiro atoms. The predicted octanol–water partition coefficient (Wildman–Crippen LogP) is 3.87. The molecule has 3 aromatic rings. The van der Waals surface area contributed by atoms with E-state index in [0.717, 1.165) is 10.9 Å². The molecule has 4 heteroatoms. The molecule has 0 saturated carbocycles. The molecule has 1 heterocycles. The fourth-order valence-corrected chi connectivity index (χ4v) is 2.27. The first-order valence-electron chi connectivity index (χ1n) is 7.07. The number of carbonyl (C=O) groups is 2. The molecular weight excluding hydrogens is 292 g/mol. The lowest BCUT2D eigenvalue weighted by atomic mass is 10.1. The first kappa shape index (κ1) is 14.8. The lowest BCUT2D eigenvalue weighted by molar-refractivity contribution is -0.135. The summed E-state index contributed by atoms with van der Waals surface area (Å²) in [6, 6.07) is 18.0. The molecule has 2 aromatic carbocycles. The summed E-state index contributed by atoms with van der Waals surface area (Å²) in [5.41, 5.74) is 1.26. The SMILES string of the molecule is COC(=O)/C(=C\c1ccccc1)C(=O)c1cc2ccccc2o1. The van der Waals surface area contributed by atoms with Crippen LogP contribution < -0.4 is 0 Å². The number of methoxy groups -OCH3 is 1. The summed E-state index contributed by atoms with van der Waals surface area (Å²) in [5.74, 6) is -1.09. The summed E-state index contributed by atoms with van der Waals surface area (Å²) in [6.45, 7) is 0. The number of carbonyl (C=O) groups excluding carboxylic acids is 2. The van der Waals surface area contributed by atoms with Gasteiger partial charge in [-0.2, -0.15) is 0 Å². The summed E-state index contributed by atoms with van der Waals surface area (Å²) >= 11 is 0. The van der Waals surface area contributed by atoms with Crippen LogP contribution in [0.3, 0.4) is 0 Å². The van der Waals surface area contributed by atoms with Crippen molar-refractivity contribution in [2.45, 2.75) is 0 Å². The number of rotatable bonds is 4. The van der Waals surface area contributed by atoms with Gasteiger partial charge in [0.05, 0.1) is 7.11 Å². The van der Waals surface area contributed by atoms with Crippen LogP contribution in [0.15, 0.2) is 70.7 Å². The van der Waals surface area contributed by atoms with Crippen LogP contribution in [-0.2, 0) is 9.53 Å². The Bertz CT molecular complexity index is 855. The van der Waals surface area contributed by atoms with Gasteiger partial charge < -0.3 is 9.15 Å². The van der Waals surface area contributed by atoms with Crippen LogP contribution in [0.4, 0.5) is 0 Å². The number of fused-ring (bicyclic) bond motifs is 1. The van der Waals surface area contributed by atoms with Crippen molar-refractivity contribution in [1.82, 2.24) is 0 Å². The highest BCUT2D eigenvalue weighted by Crippen LogP contribution is 2.22. The molecule has 0 aliphatic carbocycles. The van der Waals surface area contributed by atoms with Gasteiger partial charge in [-0.15, -0.1) is 0 Å². The largest absolute Gasteiger partial charge is 0.465 e. The van der Waals surface area contributed by atoms with Crippen molar-refractivity contribution in [3.63, 3.8) is 0 Å². The van der Waals surface area contributed by atoms with Crippen LogP contribution in [0.5, 0.6) is 0 Å². The Morgan fingerprint density at radius 1 is 1.00 bits per heavy atom. The number of Topliss-reactive ketones (excluding diaryl/α,β-unsaturated/α-hetero) is 1. The van der Waals surface area contributed by atoms with Crippen molar-refractivity contribution < 1.29 is 18.7 Å². The minimum absolute atomic E-state index is 0.0715. The zero-order valence-corrected chi connectivity index (χ0v) is 12.5. The molecule has 0 aliphatic heterocycles. The molecule has 0 radical (unpaired) electrons. The third-order valence-corrected chi connectivity index (χ3v) is 3.41. The topological polar surface area (TPSA) is 56.5 Å². The summed E-state index contributed by atoms with van der Waals surface area (Å²) in [4.78, 5) is 24.6. The Kier molecular flexibility index (Phi) is 4.06. The number of esters is 1. The number of furan rings is 1. The quantitative estimate of drug-likeness (QED) is 0.241. The minimum atomic E-state index is -0.695. The lowest BCUT2D eigenvalue weighted by Gasteiger charge is -2.03. The molecule has 0 unspecified atom stereocenters. The maximum absolute atomic E-state index is 12.7. The van der Waals surface area contributed by atoms with Crippen LogP contribution >= 0.6 is 0 Å². The van der Waals surface area contributed by atoms with E-state index < -0.39 is 11.8 Å². The number of ketones is 1. The van der Waals surface area contributed by atoms with Gasteiger partial charge in [0.1, 0.15) is 11.2 Å². The zero-order valence-electron chi connectivity index (χ0n) is 12.5. The molecular formula is C19H14O4. The summed E-state index contributed by atoms with van der Waals surface area (Å²) in [5, 5.41) is 0.805. The Balaban J connectivity index is 2.04. The molecule has 1 aromatic heterocycles. The number of ether oxygens (including phenoxy) is 1. The van der Waals surface area contributed by atoms with Gasteiger partial charge in [-0.05, 0) is 23.8 Å². The Morgan fingerprint density at radius 3 is 2.39 bits per heavy atom. The molecule has 0 N–H and O–H groups in total. The van der Waals surface area contributed by atoms with E-state index in [-0.39, 0.29) is 11.3 Å². The summed E-state index contributed by atoms with van der Waals surface area (Å²) in [6.07, 6.45) is 1.50. The van der Waals surface area contributed by atoms with Gasteiger partial charge in [0.25, 0.3) is 0 Å². The van der Waals surface area contributed by atoms with Crippen molar-refractivity contribution in [2.75, 3.05) is 7.11 Å². The van der Waals surface area contributed by atoms with Crippen molar-refractivity contribution in [3.05, 3.63) is 77.6 Å². The number of hydrogen-bond acceptors (Lipinski definition) is 4. The van der Waals surface area contributed by atoms with Crippen molar-refractivity contribution >= 4 is 28.8 Å². The van der Waals surface area contributed by atoms with Crippen LogP contribution in [0.1, 0.15) is 16.1 Å². The van der Waals surface area contributed by atoms with E-state index in [1.54, 1.807) is 24.3 Å². The lowest BCUT2D eigenvalue weighted by Crippen LogP contribution is -2.14. The molecule has 4 nitrogen and oxygen atoms in total. The Hall–Kier alpha value is -3.14. The predicted molar refractivity (Wildman–Crippen MR) is 87.0 cm³/mol. The Labute approximate surface area is 133 Å². The molecule has 23 heavy (non-hydrogen) atoms. The first-order valence-corrected chi connectivity index (χ1v) is 7.07. The second kappa shape index (κ2) is 6.32. The Morgan fingerprint density at radius 2 is 1.70 bits per heavy atom. The van der Waals surface area contributed by atoms with Gasteiger partial charge in [-0.3, -0.25) is 4.79 Å². The monoisotopic (exact) mass is 306 g/mol. The van der Waals surface area contributed by atoms with Crippen molar-refractivity contribution in [1.29, 1.82) is 0 Å². The average Bonchev–Trinajstić information content (AvgIpc) is 3.03. The summed E-state index contributed by atoms with van der Waals surface area (Å²) < 4.78 is 10.3. The van der Waals surface area contributed by atoms with E-state index in [1.807, 2.05) is 36.4 Å². The molecule has 0 saturated heterocycles. The molecule has 0 bridgehead atoms. The van der Waals surface area contributed by atoms with E-state index in [1.165, 1.54) is 13.2 Å². The van der Waals surface area contributed by atoms with Crippen LogP contribution in [0.2, 0.25) is 0 Å². The van der Waals surface area contributed by atoms with Crippen LogP contribution in [-0.4, -0.2) is 18.9 Å². The molecule has 0 fully saturated rings. The second-order valence-corrected chi connectivity index (χ2v) is 4.94. The maximum atomic E-state index is 12.7. The highest BCUT2D eigenvalue weighted by Gasteiger charge is 2.23. The highest BCUT2D eigenvalue weighted by atomic mass is 16.5. The van der Waals surface area contributed by atoms with E-state index in [4.69, 9.17) is 9.15 Å². The van der Waals surface area contributed by atoms with Gasteiger partial charge in [0.2, 0.25) is 5.78 Å². The van der Waals surface area contributed by atoms with Crippen LogP contribution in [0, 0.1) is 0 Å². The molecule has 0 aliphatic rings. The van der Waals surface area contributed by atoms with Gasteiger partial charge in [0.15, 0.2) is 5.76 Å². The van der Waals surface area contributed by atoms with E-state index in [9.17, 15) is 9.59 Å². The minimum Gasteiger partial charge on any atom is -0.465 e. The zero-order chi connectivity index (χ0) is 16.2. The normalized spacial score (nSPS) is 11.4. The van der Waals surface area contributed by atoms with Gasteiger partial charge in [0, 0.05) is 5.39 Å².